The third-order valence-electron chi connectivity index (χ3n) is 13.0. The Hall–Kier alpha value is -8.90. The summed E-state index contributed by atoms with van der Waals surface area (Å²) in [5, 5.41) is 0. The predicted octanol–water partition coefficient (Wildman–Crippen LogP) is 5.94. The van der Waals surface area contributed by atoms with Crippen molar-refractivity contribution in [3.63, 3.8) is 0 Å². The van der Waals surface area contributed by atoms with Gasteiger partial charge < -0.3 is 66.3 Å². The Morgan fingerprint density at radius 2 is 0.756 bits per heavy atom. The summed E-state index contributed by atoms with van der Waals surface area (Å²) in [7, 11) is 2.47. The van der Waals surface area contributed by atoms with Crippen LogP contribution in [-0.4, -0.2) is 149 Å². The van der Waals surface area contributed by atoms with Crippen molar-refractivity contribution in [2.24, 2.45) is 0 Å². The Morgan fingerprint density at radius 1 is 0.407 bits per heavy atom. The Morgan fingerprint density at radius 3 is 1.10 bits per heavy atom. The maximum absolute atomic E-state index is 13.0. The highest BCUT2D eigenvalue weighted by Crippen LogP contribution is 2.39. The first kappa shape index (κ1) is 55.0. The lowest BCUT2D eigenvalue weighted by Gasteiger charge is -2.44. The first-order valence-electron chi connectivity index (χ1n) is 31.9. The molecule has 0 bridgehead atoms. The van der Waals surface area contributed by atoms with E-state index in [1.165, 1.54) is 14.2 Å². The van der Waals surface area contributed by atoms with E-state index in [4.69, 9.17) is 77.3 Å². The van der Waals surface area contributed by atoms with Gasteiger partial charge in [0.1, 0.15) is 36.9 Å². The average Bonchev–Trinajstić information content (AvgIpc) is 0.785. The van der Waals surface area contributed by atoms with Gasteiger partial charge in [0.05, 0.1) is 27.1 Å². The SMILES string of the molecule is [2H]CC(=O)OC[C@H]1OC(Oc2ccc(CCCCc3ccc(OC4O[C@H](COC(=O)C[2H])[C@@H](OC(=O)C[2H])[C@H](OC(=O)C[2H])[C@@H]4OC(=O)C[2H])c(-c4cccc(CC(=O)OC)c4)c3)cc2-c2cccc(CC(=O)OC)c2)[C@@H](OC(=O)C[2H])[C@@H](OC(=O)C[2H])[C@@H]1OC(=O)C[2H]. The number of hydrogen-bond donors (Lipinski definition) is 0. The molecule has 0 N–H and O–H groups in total. The second-order valence-electron chi connectivity index (χ2n) is 19.2. The van der Waals surface area contributed by atoms with Crippen molar-refractivity contribution < 1.29 is 125 Å². The average molecular weight is 1210 g/mol. The number of carbonyl (C=O) groups excluding carboxylic acids is 10. The van der Waals surface area contributed by atoms with Crippen molar-refractivity contribution in [3.8, 4) is 33.8 Å². The number of rotatable bonds is 25. The number of unbranched alkanes of at least 4 members (excludes halogenated alkanes) is 1. The van der Waals surface area contributed by atoms with Crippen LogP contribution in [0.3, 0.4) is 0 Å². The molecule has 24 nitrogen and oxygen atoms in total. The molecule has 2 saturated heterocycles. The molecular weight excluding hydrogens is 1130 g/mol. The Labute approximate surface area is 507 Å². The van der Waals surface area contributed by atoms with Crippen LogP contribution < -0.4 is 9.47 Å². The molecule has 462 valence electrons. The maximum atomic E-state index is 13.0. The van der Waals surface area contributed by atoms with E-state index in [9.17, 15) is 47.9 Å². The summed E-state index contributed by atoms with van der Waals surface area (Å²) in [5.41, 5.74) is 4.25. The van der Waals surface area contributed by atoms with Crippen molar-refractivity contribution in [1.82, 2.24) is 0 Å². The van der Waals surface area contributed by atoms with Gasteiger partial charge in [-0.25, -0.2) is 0 Å². The molecule has 0 amide bonds. The van der Waals surface area contributed by atoms with Crippen molar-refractivity contribution in [3.05, 3.63) is 107 Å². The highest BCUT2D eigenvalue weighted by molar-refractivity contribution is 5.78. The minimum atomic E-state index is -1.84. The van der Waals surface area contributed by atoms with E-state index >= 15 is 0 Å². The fraction of sp³-hybridized carbons (Fsp3) is 0.452. The van der Waals surface area contributed by atoms with Crippen molar-refractivity contribution >= 4 is 59.7 Å². The second-order valence-corrected chi connectivity index (χ2v) is 19.2. The number of esters is 10. The molecule has 0 radical (unpaired) electrons. The van der Waals surface area contributed by atoms with Crippen molar-refractivity contribution in [1.29, 1.82) is 0 Å². The summed E-state index contributed by atoms with van der Waals surface area (Å²) in [6.45, 7) is -8.88. The Kier molecular flexibility index (Phi) is 20.0. The van der Waals surface area contributed by atoms with Crippen LogP contribution in [0.4, 0.5) is 0 Å². The van der Waals surface area contributed by atoms with Gasteiger partial charge in [0.25, 0.3) is 0 Å². The van der Waals surface area contributed by atoms with E-state index in [-0.39, 0.29) is 24.3 Å². The number of aryl methyl sites for hydroxylation is 2. The van der Waals surface area contributed by atoms with Crippen molar-refractivity contribution in [2.75, 3.05) is 27.4 Å². The van der Waals surface area contributed by atoms with E-state index in [1.54, 1.807) is 84.9 Å². The van der Waals surface area contributed by atoms with Gasteiger partial charge in [-0.3, -0.25) is 47.9 Å². The van der Waals surface area contributed by atoms with Crippen LogP contribution in [0.2, 0.25) is 0 Å². The van der Waals surface area contributed by atoms with E-state index < -0.39 is 190 Å². The lowest BCUT2D eigenvalue weighted by molar-refractivity contribution is -0.288. The standard InChI is InChI=1S/C62H70O24/c1-33(63)75-31-51-55(77-35(3)65)57(79-37(5)67)59(81-39(7)69)61(85-51)83-49-23-21-41(27-47(49)45-19-13-17-43(25-45)29-53(71)73-9)15-11-12-16-42-22-24-50(48(28-42)46-20-14-18-44(26-46)30-54(72)74-10)84-62-60(82-40(8)70)58(80-38(6)68)56(78-36(4)66)52(86-62)32-76-34(2)64/h13-14,17-28,51-52,55-62H,11-12,15-16,29-32H2,1-10H3/t51-,52-,55-,56-,57+,58+,59+,60+,61?,62?/m1/s1/i1D,2D,3D,4D,5D,6D,7D,8D. The molecule has 2 fully saturated rings. The van der Waals surface area contributed by atoms with Gasteiger partial charge in [0, 0.05) is 77.3 Å². The Balaban J connectivity index is 1.37. The van der Waals surface area contributed by atoms with Crippen LogP contribution >= 0.6 is 0 Å². The normalized spacial score (nSPS) is 22.6. The third-order valence-corrected chi connectivity index (χ3v) is 13.0. The molecule has 0 aliphatic carbocycles. The number of methoxy groups -OCH3 is 2. The molecule has 2 aliphatic heterocycles. The zero-order chi connectivity index (χ0) is 68.4. The molecule has 10 atom stereocenters. The number of carbonyl (C=O) groups is 10. The molecule has 4 aromatic rings. The van der Waals surface area contributed by atoms with E-state index in [2.05, 4.69) is 0 Å². The van der Waals surface area contributed by atoms with Gasteiger partial charge in [0.2, 0.25) is 24.8 Å². The predicted molar refractivity (Wildman–Crippen MR) is 297 cm³/mol. The largest absolute Gasteiger partial charge is 0.469 e. The fourth-order valence-corrected chi connectivity index (χ4v) is 9.49. The minimum absolute atomic E-state index is 0.0369. The molecule has 2 aliphatic rings. The second kappa shape index (κ2) is 31.3. The van der Waals surface area contributed by atoms with Gasteiger partial charge in [-0.1, -0.05) is 60.7 Å². The molecule has 6 rings (SSSR count). The monoisotopic (exact) mass is 1210 g/mol. The summed E-state index contributed by atoms with van der Waals surface area (Å²) in [6, 6.07) is 23.6. The molecular formula is C62H70O24. The zero-order valence-electron chi connectivity index (χ0n) is 55.0. The topological polar surface area (TPSA) is 300 Å². The summed E-state index contributed by atoms with van der Waals surface area (Å²) in [4.78, 5) is 127. The van der Waals surface area contributed by atoms with Crippen LogP contribution in [0.1, 0.15) is 101 Å². The summed E-state index contributed by atoms with van der Waals surface area (Å²) in [5.74, 6) is -10.2. The van der Waals surface area contributed by atoms with E-state index in [1.807, 2.05) is 0 Å². The van der Waals surface area contributed by atoms with E-state index in [0.717, 1.165) is 11.1 Å². The zero-order valence-corrected chi connectivity index (χ0v) is 47.0. The molecule has 2 unspecified atom stereocenters. The summed E-state index contributed by atoms with van der Waals surface area (Å²) in [6.07, 6.45) is -16.1. The van der Waals surface area contributed by atoms with Crippen LogP contribution in [0.25, 0.3) is 22.3 Å². The fourth-order valence-electron chi connectivity index (χ4n) is 9.49. The highest BCUT2D eigenvalue weighted by atomic mass is 16.7. The highest BCUT2D eigenvalue weighted by Gasteiger charge is 2.55. The molecule has 24 heteroatoms. The minimum Gasteiger partial charge on any atom is -0.469 e. The number of benzene rings is 4. The summed E-state index contributed by atoms with van der Waals surface area (Å²) < 4.78 is 140. The van der Waals surface area contributed by atoms with Gasteiger partial charge in [-0.2, -0.15) is 0 Å². The summed E-state index contributed by atoms with van der Waals surface area (Å²) >= 11 is 0. The molecule has 0 aromatic heterocycles. The molecule has 2 heterocycles. The molecule has 4 aromatic carbocycles. The van der Waals surface area contributed by atoms with Gasteiger partial charge in [-0.15, -0.1) is 0 Å². The lowest BCUT2D eigenvalue weighted by atomic mass is 9.95. The number of hydrogen-bond acceptors (Lipinski definition) is 24. The van der Waals surface area contributed by atoms with Gasteiger partial charge >= 0.3 is 59.7 Å². The van der Waals surface area contributed by atoms with E-state index in [0.29, 0.717) is 59.1 Å². The molecule has 0 spiro atoms. The van der Waals surface area contributed by atoms with Crippen LogP contribution in [-0.2, 0) is 130 Å². The smallest absolute Gasteiger partial charge is 0.309 e. The molecule has 0 saturated carbocycles. The molecule has 86 heavy (non-hydrogen) atoms. The Bertz CT molecular complexity index is 3090. The van der Waals surface area contributed by atoms with Gasteiger partial charge in [0.15, 0.2) is 24.4 Å². The van der Waals surface area contributed by atoms with Gasteiger partial charge in [-0.05, 0) is 83.3 Å². The van der Waals surface area contributed by atoms with Crippen molar-refractivity contribution in [2.45, 2.75) is 155 Å². The van der Waals surface area contributed by atoms with Crippen LogP contribution in [0, 0.1) is 0 Å². The van der Waals surface area contributed by atoms with Crippen LogP contribution in [0.15, 0.2) is 84.9 Å². The first-order valence-corrected chi connectivity index (χ1v) is 26.3. The number of ether oxygens (including phenoxy) is 14. The first-order chi connectivity index (χ1) is 45.2. The van der Waals surface area contributed by atoms with Crippen LogP contribution in [0.5, 0.6) is 11.5 Å². The quantitative estimate of drug-likeness (QED) is 0.0421. The maximum Gasteiger partial charge on any atom is 0.309 e. The lowest BCUT2D eigenvalue weighted by Crippen LogP contribution is -2.63. The third kappa shape index (κ3) is 19.3.